The molecule has 1 heterocycles. The molecule has 0 saturated heterocycles. The van der Waals surface area contributed by atoms with Crippen molar-refractivity contribution >= 4 is 5.91 Å². The lowest BCUT2D eigenvalue weighted by Crippen LogP contribution is -2.28. The van der Waals surface area contributed by atoms with Gasteiger partial charge < -0.3 is 19.5 Å². The van der Waals surface area contributed by atoms with Gasteiger partial charge in [-0.15, -0.1) is 0 Å². The van der Waals surface area contributed by atoms with Gasteiger partial charge in [-0.3, -0.25) is 4.79 Å². The van der Waals surface area contributed by atoms with Gasteiger partial charge in [0.15, 0.2) is 0 Å². The Morgan fingerprint density at radius 1 is 1.07 bits per heavy atom. The molecule has 0 aliphatic rings. The minimum atomic E-state index is -4.39. The maximum Gasteiger partial charge on any atom is 0.416 e. The van der Waals surface area contributed by atoms with E-state index < -0.39 is 17.6 Å². The third-order valence-corrected chi connectivity index (χ3v) is 3.38. The van der Waals surface area contributed by atoms with Gasteiger partial charge in [-0.1, -0.05) is 0 Å². The minimum Gasteiger partial charge on any atom is -0.492 e. The van der Waals surface area contributed by atoms with Crippen molar-refractivity contribution in [1.29, 1.82) is 0 Å². The molecule has 0 radical (unpaired) electrons. The van der Waals surface area contributed by atoms with Crippen LogP contribution in [-0.4, -0.2) is 44.4 Å². The molecule has 2 rings (SSSR count). The quantitative estimate of drug-likeness (QED) is 0.674. The Bertz CT molecular complexity index is 736. The first-order valence-electron chi connectivity index (χ1n) is 8.07. The monoisotopic (exact) mass is 384 g/mol. The average Bonchev–Trinajstić information content (AvgIpc) is 2.65. The van der Waals surface area contributed by atoms with Gasteiger partial charge in [-0.05, 0) is 36.4 Å². The summed E-state index contributed by atoms with van der Waals surface area (Å²) in [4.78, 5) is 16.2. The third-order valence-electron chi connectivity index (χ3n) is 3.38. The maximum atomic E-state index is 12.5. The van der Waals surface area contributed by atoms with Gasteiger partial charge in [-0.25, -0.2) is 4.98 Å². The Kier molecular flexibility index (Phi) is 7.42. The molecule has 6 nitrogen and oxygen atoms in total. The van der Waals surface area contributed by atoms with E-state index in [0.717, 1.165) is 12.1 Å². The van der Waals surface area contributed by atoms with Crippen molar-refractivity contribution in [1.82, 2.24) is 10.3 Å². The van der Waals surface area contributed by atoms with E-state index in [1.807, 2.05) is 0 Å². The van der Waals surface area contributed by atoms with Gasteiger partial charge in [0.2, 0.25) is 5.88 Å². The Hall–Kier alpha value is -2.81. The molecule has 0 spiro atoms. The number of nitrogens with zero attached hydrogens (tertiary/aromatic N) is 1. The first kappa shape index (κ1) is 20.5. The topological polar surface area (TPSA) is 69.7 Å². The van der Waals surface area contributed by atoms with Gasteiger partial charge in [0, 0.05) is 13.3 Å². The van der Waals surface area contributed by atoms with Gasteiger partial charge in [0.25, 0.3) is 5.91 Å². The zero-order chi connectivity index (χ0) is 19.7. The predicted octanol–water partition coefficient (Wildman–Crippen LogP) is 2.93. The number of benzene rings is 1. The van der Waals surface area contributed by atoms with E-state index >= 15 is 0 Å². The van der Waals surface area contributed by atoms with Crippen LogP contribution in [0.3, 0.4) is 0 Å². The van der Waals surface area contributed by atoms with Crippen molar-refractivity contribution in [2.45, 2.75) is 6.18 Å². The molecule has 0 saturated carbocycles. The molecule has 9 heteroatoms. The number of alkyl halides is 3. The molecule has 0 unspecified atom stereocenters. The number of ether oxygens (including phenoxy) is 3. The highest BCUT2D eigenvalue weighted by molar-refractivity contribution is 5.96. The van der Waals surface area contributed by atoms with E-state index in [0.29, 0.717) is 6.61 Å². The number of amides is 1. The Morgan fingerprint density at radius 2 is 1.81 bits per heavy atom. The van der Waals surface area contributed by atoms with Crippen LogP contribution in [0.5, 0.6) is 11.6 Å². The van der Waals surface area contributed by atoms with Gasteiger partial charge >= 0.3 is 6.18 Å². The first-order chi connectivity index (χ1) is 12.9. The number of rotatable bonds is 9. The summed E-state index contributed by atoms with van der Waals surface area (Å²) >= 11 is 0. The zero-order valence-electron chi connectivity index (χ0n) is 14.6. The van der Waals surface area contributed by atoms with E-state index in [2.05, 4.69) is 10.3 Å². The summed E-state index contributed by atoms with van der Waals surface area (Å²) < 4.78 is 53.1. The van der Waals surface area contributed by atoms with Crippen LogP contribution in [0.4, 0.5) is 13.2 Å². The van der Waals surface area contributed by atoms with E-state index in [-0.39, 0.29) is 37.0 Å². The second-order valence-electron chi connectivity index (χ2n) is 5.32. The van der Waals surface area contributed by atoms with Crippen molar-refractivity contribution in [3.8, 4) is 11.6 Å². The van der Waals surface area contributed by atoms with Crippen molar-refractivity contribution in [2.75, 3.05) is 33.5 Å². The molecule has 0 fully saturated rings. The second kappa shape index (κ2) is 9.77. The number of methoxy groups -OCH3 is 1. The van der Waals surface area contributed by atoms with E-state index in [9.17, 15) is 18.0 Å². The maximum absolute atomic E-state index is 12.5. The fourth-order valence-electron chi connectivity index (χ4n) is 2.07. The summed E-state index contributed by atoms with van der Waals surface area (Å²) in [6.07, 6.45) is -2.88. The van der Waals surface area contributed by atoms with Gasteiger partial charge in [0.1, 0.15) is 24.5 Å². The van der Waals surface area contributed by atoms with Crippen LogP contribution >= 0.6 is 0 Å². The Morgan fingerprint density at radius 3 is 2.48 bits per heavy atom. The summed E-state index contributed by atoms with van der Waals surface area (Å²) in [7, 11) is 1.53. The zero-order valence-corrected chi connectivity index (χ0v) is 14.6. The fraction of sp³-hybridized carbons (Fsp3) is 0.333. The molecule has 0 aliphatic heterocycles. The number of halogens is 3. The van der Waals surface area contributed by atoms with Crippen LogP contribution in [0.15, 0.2) is 42.6 Å². The number of pyridine rings is 1. The van der Waals surface area contributed by atoms with E-state index in [1.54, 1.807) is 12.1 Å². The van der Waals surface area contributed by atoms with Crippen LogP contribution in [0.25, 0.3) is 0 Å². The molecule has 0 bridgehead atoms. The van der Waals surface area contributed by atoms with Crippen LogP contribution < -0.4 is 14.8 Å². The minimum absolute atomic E-state index is 0.0945. The molecule has 1 amide bonds. The molecule has 0 atom stereocenters. The number of hydrogen-bond donors (Lipinski definition) is 1. The number of carbonyl (C=O) groups is 1. The number of aromatic nitrogens is 1. The summed E-state index contributed by atoms with van der Waals surface area (Å²) in [6, 6.07) is 7.51. The molecular formula is C18H19F3N2O4. The largest absolute Gasteiger partial charge is 0.492 e. The number of carbonyl (C=O) groups excluding carboxylic acids is 1. The lowest BCUT2D eigenvalue weighted by atomic mass is 10.2. The summed E-state index contributed by atoms with van der Waals surface area (Å²) in [5, 5.41) is 2.64. The molecule has 146 valence electrons. The summed E-state index contributed by atoms with van der Waals surface area (Å²) in [5.74, 6) is 0.0736. The van der Waals surface area contributed by atoms with Crippen molar-refractivity contribution < 1.29 is 32.2 Å². The second-order valence-corrected chi connectivity index (χ2v) is 5.32. The molecule has 1 N–H and O–H groups in total. The molecule has 27 heavy (non-hydrogen) atoms. The van der Waals surface area contributed by atoms with Crippen LogP contribution in [0.2, 0.25) is 0 Å². The van der Waals surface area contributed by atoms with Crippen LogP contribution in [0.1, 0.15) is 15.9 Å². The molecular weight excluding hydrogens is 365 g/mol. The highest BCUT2D eigenvalue weighted by Crippen LogP contribution is 2.30. The number of hydrogen-bond acceptors (Lipinski definition) is 5. The summed E-state index contributed by atoms with van der Waals surface area (Å²) in [5.41, 5.74) is -0.483. The smallest absolute Gasteiger partial charge is 0.416 e. The molecule has 0 aliphatic carbocycles. The van der Waals surface area contributed by atoms with Crippen molar-refractivity contribution in [3.63, 3.8) is 0 Å². The van der Waals surface area contributed by atoms with E-state index in [4.69, 9.17) is 14.2 Å². The first-order valence-corrected chi connectivity index (χ1v) is 8.07. The average molecular weight is 384 g/mol. The summed E-state index contributed by atoms with van der Waals surface area (Å²) in [6.45, 7) is 0.868. The van der Waals surface area contributed by atoms with Crippen molar-refractivity contribution in [3.05, 3.63) is 53.7 Å². The number of nitrogens with one attached hydrogen (secondary N) is 1. The molecule has 1 aromatic heterocycles. The predicted molar refractivity (Wildman–Crippen MR) is 90.9 cm³/mol. The van der Waals surface area contributed by atoms with Crippen molar-refractivity contribution in [2.24, 2.45) is 0 Å². The fourth-order valence-corrected chi connectivity index (χ4v) is 2.07. The highest BCUT2D eigenvalue weighted by atomic mass is 19.4. The Labute approximate surface area is 154 Å². The van der Waals surface area contributed by atoms with Gasteiger partial charge in [0.05, 0.1) is 18.7 Å². The Balaban J connectivity index is 1.81. The normalized spacial score (nSPS) is 11.1. The lowest BCUT2D eigenvalue weighted by molar-refractivity contribution is -0.137. The SMILES string of the molecule is COCCOc1ncccc1C(=O)NCCOc1ccc(C(F)(F)F)cc1. The lowest BCUT2D eigenvalue weighted by Gasteiger charge is -2.11. The van der Waals surface area contributed by atoms with Crippen LogP contribution in [0, 0.1) is 0 Å². The third kappa shape index (κ3) is 6.45. The molecule has 2 aromatic rings. The highest BCUT2D eigenvalue weighted by Gasteiger charge is 2.30. The molecule has 1 aromatic carbocycles. The van der Waals surface area contributed by atoms with Gasteiger partial charge in [-0.2, -0.15) is 13.2 Å². The standard InChI is InChI=1S/C18H19F3N2O4/c1-25-11-12-27-17-15(3-2-8-23-17)16(24)22-9-10-26-14-6-4-13(5-7-14)18(19,20)21/h2-8H,9-12H2,1H3,(H,22,24). The van der Waals surface area contributed by atoms with Crippen LogP contribution in [-0.2, 0) is 10.9 Å². The van der Waals surface area contributed by atoms with E-state index in [1.165, 1.54) is 25.4 Å².